The van der Waals surface area contributed by atoms with Crippen LogP contribution in [0.2, 0.25) is 10.0 Å². The quantitative estimate of drug-likeness (QED) is 0.441. The summed E-state index contributed by atoms with van der Waals surface area (Å²) in [4.78, 5) is 27.6. The number of rotatable bonds is 10. The molecule has 0 saturated heterocycles. The normalized spacial score (nSPS) is 12.2. The Labute approximate surface area is 202 Å². The van der Waals surface area contributed by atoms with Gasteiger partial charge in [0.15, 0.2) is 0 Å². The maximum absolute atomic E-state index is 13.2. The Morgan fingerprint density at radius 3 is 2.19 bits per heavy atom. The summed E-state index contributed by atoms with van der Waals surface area (Å²) in [6, 6.07) is 12.9. The summed E-state index contributed by atoms with van der Waals surface area (Å²) < 4.78 is 0. The number of halogens is 2. The first-order chi connectivity index (χ1) is 15.1. The van der Waals surface area contributed by atoms with Crippen LogP contribution in [0.3, 0.4) is 0 Å². The molecule has 0 fully saturated rings. The molecule has 1 atom stereocenters. The molecule has 174 valence electrons. The lowest BCUT2D eigenvalue weighted by Gasteiger charge is -2.29. The smallest absolute Gasteiger partial charge is 0.242 e. The van der Waals surface area contributed by atoms with Gasteiger partial charge in [0.05, 0.1) is 0 Å². The van der Waals surface area contributed by atoms with Gasteiger partial charge in [-0.3, -0.25) is 9.59 Å². The molecule has 6 heteroatoms. The van der Waals surface area contributed by atoms with Crippen molar-refractivity contribution in [3.05, 3.63) is 69.2 Å². The van der Waals surface area contributed by atoms with Gasteiger partial charge in [-0.1, -0.05) is 81.2 Å². The molecule has 0 aliphatic carbocycles. The highest BCUT2D eigenvalue weighted by Crippen LogP contribution is 2.24. The second-order valence-electron chi connectivity index (χ2n) is 8.97. The molecule has 0 aliphatic heterocycles. The van der Waals surface area contributed by atoms with E-state index in [9.17, 15) is 9.59 Å². The van der Waals surface area contributed by atoms with Crippen LogP contribution in [0.4, 0.5) is 0 Å². The minimum Gasteiger partial charge on any atom is -0.354 e. The summed E-state index contributed by atoms with van der Waals surface area (Å²) in [5.74, 6) is 0.542. The monoisotopic (exact) mass is 476 g/mol. The van der Waals surface area contributed by atoms with Crippen molar-refractivity contribution >= 4 is 35.0 Å². The predicted molar refractivity (Wildman–Crippen MR) is 133 cm³/mol. The second kappa shape index (κ2) is 12.3. The van der Waals surface area contributed by atoms with Crippen LogP contribution in [-0.4, -0.2) is 29.3 Å². The molecule has 4 nitrogen and oxygen atoms in total. The van der Waals surface area contributed by atoms with E-state index in [1.807, 2.05) is 13.8 Å². The molecule has 2 amide bonds. The summed E-state index contributed by atoms with van der Waals surface area (Å²) in [6.45, 7) is 11.0. The van der Waals surface area contributed by atoms with Gasteiger partial charge >= 0.3 is 0 Å². The highest BCUT2D eigenvalue weighted by Gasteiger charge is 2.26. The van der Waals surface area contributed by atoms with E-state index in [0.29, 0.717) is 41.3 Å². The summed E-state index contributed by atoms with van der Waals surface area (Å²) in [5.41, 5.74) is 3.13. The largest absolute Gasteiger partial charge is 0.354 e. The standard InChI is InChI=1S/C26H34Cl2N2O2/c1-17(2)15-29-26(32)19(5)30(16-22-11-12-23(27)14-24(22)28)25(31)13-8-20-6-9-21(10-7-20)18(3)4/h6-7,9-12,14,17-19H,8,13,15-16H2,1-5H3,(H,29,32)/t19-/m1/s1. The number of carbonyl (C=O) groups excluding carboxylic acids is 2. The third kappa shape index (κ3) is 7.83. The van der Waals surface area contributed by atoms with Gasteiger partial charge in [-0.05, 0) is 54.0 Å². The Hall–Kier alpha value is -2.04. The molecule has 32 heavy (non-hydrogen) atoms. The lowest BCUT2D eigenvalue weighted by atomic mass is 10.00. The molecule has 2 aromatic carbocycles. The van der Waals surface area contributed by atoms with Gasteiger partial charge in [-0.15, -0.1) is 0 Å². The van der Waals surface area contributed by atoms with Crippen molar-refractivity contribution in [3.8, 4) is 0 Å². The number of hydrogen-bond acceptors (Lipinski definition) is 2. The van der Waals surface area contributed by atoms with E-state index in [4.69, 9.17) is 23.2 Å². The van der Waals surface area contributed by atoms with Crippen LogP contribution >= 0.6 is 23.2 Å². The van der Waals surface area contributed by atoms with E-state index >= 15 is 0 Å². The van der Waals surface area contributed by atoms with E-state index in [0.717, 1.165) is 11.1 Å². The van der Waals surface area contributed by atoms with Crippen molar-refractivity contribution in [2.45, 2.75) is 66.0 Å². The zero-order valence-corrected chi connectivity index (χ0v) is 21.1. The Morgan fingerprint density at radius 1 is 0.969 bits per heavy atom. The first-order valence-corrected chi connectivity index (χ1v) is 11.9. The van der Waals surface area contributed by atoms with Crippen molar-refractivity contribution in [1.29, 1.82) is 0 Å². The lowest BCUT2D eigenvalue weighted by molar-refractivity contribution is -0.140. The van der Waals surface area contributed by atoms with Crippen molar-refractivity contribution in [1.82, 2.24) is 10.2 Å². The minimum atomic E-state index is -0.615. The van der Waals surface area contributed by atoms with Crippen LogP contribution in [0.1, 0.15) is 63.6 Å². The molecule has 0 bridgehead atoms. The van der Waals surface area contributed by atoms with Crippen molar-refractivity contribution < 1.29 is 9.59 Å². The van der Waals surface area contributed by atoms with E-state index in [1.165, 1.54) is 5.56 Å². The van der Waals surface area contributed by atoms with E-state index in [2.05, 4.69) is 43.4 Å². The Morgan fingerprint density at radius 2 is 1.62 bits per heavy atom. The number of aryl methyl sites for hydroxylation is 1. The van der Waals surface area contributed by atoms with Crippen LogP contribution < -0.4 is 5.32 Å². The molecule has 0 heterocycles. The van der Waals surface area contributed by atoms with Crippen LogP contribution in [-0.2, 0) is 22.6 Å². The summed E-state index contributed by atoms with van der Waals surface area (Å²) in [7, 11) is 0. The van der Waals surface area contributed by atoms with Crippen molar-refractivity contribution in [3.63, 3.8) is 0 Å². The van der Waals surface area contributed by atoms with Gasteiger partial charge in [0.1, 0.15) is 6.04 Å². The minimum absolute atomic E-state index is 0.0869. The molecule has 0 spiro atoms. The summed E-state index contributed by atoms with van der Waals surface area (Å²) in [5, 5.41) is 3.94. The van der Waals surface area contributed by atoms with E-state index in [1.54, 1.807) is 30.0 Å². The van der Waals surface area contributed by atoms with Gasteiger partial charge in [0.25, 0.3) is 0 Å². The maximum atomic E-state index is 13.2. The molecule has 0 unspecified atom stereocenters. The van der Waals surface area contributed by atoms with Gasteiger partial charge < -0.3 is 10.2 Å². The number of amides is 2. The van der Waals surface area contributed by atoms with Crippen molar-refractivity contribution in [2.24, 2.45) is 5.92 Å². The van der Waals surface area contributed by atoms with Gasteiger partial charge in [0, 0.05) is 29.6 Å². The third-order valence-corrected chi connectivity index (χ3v) is 6.07. The molecule has 2 aromatic rings. The van der Waals surface area contributed by atoms with Crippen LogP contribution in [0.5, 0.6) is 0 Å². The number of benzene rings is 2. The zero-order valence-electron chi connectivity index (χ0n) is 19.6. The average Bonchev–Trinajstić information content (AvgIpc) is 2.75. The average molecular weight is 477 g/mol. The highest BCUT2D eigenvalue weighted by molar-refractivity contribution is 6.35. The summed E-state index contributed by atoms with van der Waals surface area (Å²) in [6.07, 6.45) is 0.927. The first kappa shape index (κ1) is 26.2. The Bertz CT molecular complexity index is 911. The van der Waals surface area contributed by atoms with Crippen LogP contribution in [0, 0.1) is 5.92 Å². The Kier molecular flexibility index (Phi) is 10.0. The van der Waals surface area contributed by atoms with Crippen molar-refractivity contribution in [2.75, 3.05) is 6.54 Å². The van der Waals surface area contributed by atoms with Gasteiger partial charge in [-0.2, -0.15) is 0 Å². The van der Waals surface area contributed by atoms with Gasteiger partial charge in [0.2, 0.25) is 11.8 Å². The molecular weight excluding hydrogens is 443 g/mol. The predicted octanol–water partition coefficient (Wildman–Crippen LogP) is 6.24. The highest BCUT2D eigenvalue weighted by atomic mass is 35.5. The molecule has 2 rings (SSSR count). The van der Waals surface area contributed by atoms with Crippen LogP contribution in [0.25, 0.3) is 0 Å². The number of carbonyl (C=O) groups is 2. The molecule has 0 aromatic heterocycles. The molecule has 0 saturated carbocycles. The molecular formula is C26H34Cl2N2O2. The number of nitrogens with one attached hydrogen (secondary N) is 1. The molecule has 0 aliphatic rings. The first-order valence-electron chi connectivity index (χ1n) is 11.2. The molecule has 1 N–H and O–H groups in total. The maximum Gasteiger partial charge on any atom is 0.242 e. The van der Waals surface area contributed by atoms with Gasteiger partial charge in [-0.25, -0.2) is 0 Å². The SMILES string of the molecule is CC(C)CNC(=O)[C@@H](C)N(Cc1ccc(Cl)cc1Cl)C(=O)CCc1ccc(C(C)C)cc1. The van der Waals surface area contributed by atoms with E-state index < -0.39 is 6.04 Å². The summed E-state index contributed by atoms with van der Waals surface area (Å²) >= 11 is 12.4. The molecule has 0 radical (unpaired) electrons. The van der Waals surface area contributed by atoms with E-state index in [-0.39, 0.29) is 18.4 Å². The second-order valence-corrected chi connectivity index (χ2v) is 9.81. The van der Waals surface area contributed by atoms with Crippen LogP contribution in [0.15, 0.2) is 42.5 Å². The number of hydrogen-bond donors (Lipinski definition) is 1. The fraction of sp³-hybridized carbons (Fsp3) is 0.462. The Balaban J connectivity index is 2.15. The fourth-order valence-electron chi connectivity index (χ4n) is 3.33. The lowest BCUT2D eigenvalue weighted by Crippen LogP contribution is -2.48. The zero-order chi connectivity index (χ0) is 23.8. The number of nitrogens with zero attached hydrogens (tertiary/aromatic N) is 1. The topological polar surface area (TPSA) is 49.4 Å². The fourth-order valence-corrected chi connectivity index (χ4v) is 3.80. The third-order valence-electron chi connectivity index (χ3n) is 5.48.